The molecule has 0 aliphatic heterocycles. The van der Waals surface area contributed by atoms with E-state index < -0.39 is 0 Å². The Morgan fingerprint density at radius 1 is 0.735 bits per heavy atom. The highest BCUT2D eigenvalue weighted by atomic mass is 15.1. The van der Waals surface area contributed by atoms with Crippen molar-refractivity contribution in [3.05, 3.63) is 78.0 Å². The molecule has 34 heavy (non-hydrogen) atoms. The second-order valence-corrected chi connectivity index (χ2v) is 9.65. The fourth-order valence-electron chi connectivity index (χ4n) is 6.01. The Hall–Kier alpha value is -3.73. The summed E-state index contributed by atoms with van der Waals surface area (Å²) >= 11 is 0. The Balaban J connectivity index is 1.36. The van der Waals surface area contributed by atoms with Crippen LogP contribution in [0.2, 0.25) is 0 Å². The fourth-order valence-corrected chi connectivity index (χ4v) is 6.01. The Morgan fingerprint density at radius 3 is 2.06 bits per heavy atom. The summed E-state index contributed by atoms with van der Waals surface area (Å²) in [5, 5.41) is 3.71. The van der Waals surface area contributed by atoms with E-state index in [-0.39, 0.29) is 0 Å². The van der Waals surface area contributed by atoms with Crippen LogP contribution in [0.5, 0.6) is 0 Å². The summed E-state index contributed by atoms with van der Waals surface area (Å²) in [4.78, 5) is 15.0. The molecule has 0 saturated heterocycles. The van der Waals surface area contributed by atoms with Gasteiger partial charge in [-0.2, -0.15) is 0 Å². The van der Waals surface area contributed by atoms with Gasteiger partial charge in [-0.1, -0.05) is 31.2 Å². The number of imidazole rings is 2. The van der Waals surface area contributed by atoms with E-state index in [1.807, 2.05) is 12.3 Å². The molecule has 3 aromatic heterocycles. The Labute approximate surface area is 198 Å². The summed E-state index contributed by atoms with van der Waals surface area (Å²) in [5.74, 6) is 3.09. The lowest BCUT2D eigenvalue weighted by Gasteiger charge is -2.35. The van der Waals surface area contributed by atoms with E-state index >= 15 is 0 Å². The molecule has 6 aromatic rings. The van der Waals surface area contributed by atoms with E-state index in [4.69, 9.17) is 9.97 Å². The average molecular weight is 446 g/mol. The molecule has 7 rings (SSSR count). The monoisotopic (exact) mass is 445 g/mol. The number of fused-ring (bicyclic) bond motifs is 6. The van der Waals surface area contributed by atoms with Crippen LogP contribution in [0.3, 0.4) is 0 Å². The van der Waals surface area contributed by atoms with Crippen molar-refractivity contribution in [3.63, 3.8) is 0 Å². The van der Waals surface area contributed by atoms with Gasteiger partial charge < -0.3 is 9.13 Å². The normalized spacial score (nSPS) is 18.3. The second kappa shape index (κ2) is 7.13. The molecule has 0 radical (unpaired) electrons. The molecule has 0 amide bonds. The predicted molar refractivity (Wildman–Crippen MR) is 138 cm³/mol. The van der Waals surface area contributed by atoms with Crippen LogP contribution in [-0.4, -0.2) is 24.1 Å². The van der Waals surface area contributed by atoms with Crippen LogP contribution >= 0.6 is 0 Å². The Kier molecular flexibility index (Phi) is 4.14. The van der Waals surface area contributed by atoms with Gasteiger partial charge in [-0.15, -0.1) is 0 Å². The van der Waals surface area contributed by atoms with E-state index in [1.165, 1.54) is 33.2 Å². The zero-order valence-electron chi connectivity index (χ0n) is 19.8. The van der Waals surface area contributed by atoms with Crippen LogP contribution in [0.25, 0.3) is 43.7 Å². The zero-order chi connectivity index (χ0) is 23.0. The van der Waals surface area contributed by atoms with Gasteiger partial charge in [0.15, 0.2) is 0 Å². The molecular formula is C29H27N5. The summed E-state index contributed by atoms with van der Waals surface area (Å²) in [6.45, 7) is 2.22. The molecule has 5 nitrogen and oxygen atoms in total. The molecule has 1 saturated carbocycles. The third-order valence-corrected chi connectivity index (χ3v) is 8.02. The Bertz CT molecular complexity index is 1740. The first kappa shape index (κ1) is 19.7. The highest BCUT2D eigenvalue weighted by Crippen LogP contribution is 2.49. The molecular weight excluding hydrogens is 418 g/mol. The molecule has 2 atom stereocenters. The molecule has 1 fully saturated rings. The van der Waals surface area contributed by atoms with Gasteiger partial charge in [0, 0.05) is 42.9 Å². The number of pyridine rings is 1. The molecule has 1 aliphatic carbocycles. The number of hydrogen-bond donors (Lipinski definition) is 0. The van der Waals surface area contributed by atoms with Gasteiger partial charge in [0.25, 0.3) is 0 Å². The van der Waals surface area contributed by atoms with Gasteiger partial charge in [0.2, 0.25) is 0 Å². The van der Waals surface area contributed by atoms with E-state index in [9.17, 15) is 0 Å². The van der Waals surface area contributed by atoms with E-state index in [2.05, 4.69) is 83.7 Å². The minimum Gasteiger partial charge on any atom is -0.331 e. The van der Waals surface area contributed by atoms with Crippen LogP contribution in [-0.2, 0) is 20.5 Å². The SMILES string of the molecule is CCc1cccc2c1ccc1c2nc(C2CCC2c2nc3c4cccnc4ccc3n2C)n1C. The molecule has 0 N–H and O–H groups in total. The lowest BCUT2D eigenvalue weighted by molar-refractivity contribution is 0.310. The summed E-state index contributed by atoms with van der Waals surface area (Å²) in [6.07, 6.45) is 5.16. The summed E-state index contributed by atoms with van der Waals surface area (Å²) in [7, 11) is 4.32. The van der Waals surface area contributed by atoms with Crippen molar-refractivity contribution >= 4 is 43.7 Å². The lowest BCUT2D eigenvalue weighted by Crippen LogP contribution is -2.26. The standard InChI is InChI=1S/C29H27N5/c1-4-17-7-5-8-19-18(17)12-14-24-26(19)31-28(33(24)2)20-10-11-21(20)29-32-27-22-9-6-16-30-23(22)13-15-25(27)34(29)3/h5-9,12-16,20-21H,4,10-11H2,1-3H3. The highest BCUT2D eigenvalue weighted by Gasteiger charge is 2.39. The highest BCUT2D eigenvalue weighted by molar-refractivity contribution is 6.06. The third kappa shape index (κ3) is 2.58. The van der Waals surface area contributed by atoms with Gasteiger partial charge in [-0.25, -0.2) is 9.97 Å². The first-order valence-electron chi connectivity index (χ1n) is 12.2. The minimum absolute atomic E-state index is 0.372. The maximum absolute atomic E-state index is 5.26. The zero-order valence-corrected chi connectivity index (χ0v) is 19.8. The van der Waals surface area contributed by atoms with Gasteiger partial charge in [0.1, 0.15) is 11.6 Å². The van der Waals surface area contributed by atoms with Crippen molar-refractivity contribution in [3.8, 4) is 0 Å². The van der Waals surface area contributed by atoms with Gasteiger partial charge in [-0.3, -0.25) is 4.98 Å². The Morgan fingerprint density at radius 2 is 1.38 bits per heavy atom. The average Bonchev–Trinajstić information content (AvgIpc) is 3.35. The summed E-state index contributed by atoms with van der Waals surface area (Å²) in [5.41, 5.74) is 6.94. The summed E-state index contributed by atoms with van der Waals surface area (Å²) < 4.78 is 4.59. The molecule has 1 aliphatic rings. The van der Waals surface area contributed by atoms with E-state index in [0.29, 0.717) is 11.8 Å². The van der Waals surface area contributed by atoms with Gasteiger partial charge >= 0.3 is 0 Å². The minimum atomic E-state index is 0.372. The molecule has 0 spiro atoms. The number of benzene rings is 3. The topological polar surface area (TPSA) is 48.5 Å². The molecule has 5 heteroatoms. The predicted octanol–water partition coefficient (Wildman–Crippen LogP) is 6.39. The van der Waals surface area contributed by atoms with Crippen molar-refractivity contribution in [2.24, 2.45) is 14.1 Å². The number of rotatable bonds is 3. The van der Waals surface area contributed by atoms with Crippen molar-refractivity contribution < 1.29 is 0 Å². The smallest absolute Gasteiger partial charge is 0.113 e. The van der Waals surface area contributed by atoms with E-state index in [1.54, 1.807) is 0 Å². The van der Waals surface area contributed by atoms with Crippen LogP contribution in [0.4, 0.5) is 0 Å². The molecule has 3 heterocycles. The van der Waals surface area contributed by atoms with Crippen molar-refractivity contribution in [1.82, 2.24) is 24.1 Å². The van der Waals surface area contributed by atoms with E-state index in [0.717, 1.165) is 47.0 Å². The van der Waals surface area contributed by atoms with Gasteiger partial charge in [0.05, 0.1) is 27.6 Å². The number of nitrogens with zero attached hydrogens (tertiary/aromatic N) is 5. The van der Waals surface area contributed by atoms with Crippen LogP contribution < -0.4 is 0 Å². The van der Waals surface area contributed by atoms with Crippen molar-refractivity contribution in [2.45, 2.75) is 38.0 Å². The third-order valence-electron chi connectivity index (χ3n) is 8.02. The molecule has 168 valence electrons. The van der Waals surface area contributed by atoms with Gasteiger partial charge in [-0.05, 0) is 60.5 Å². The summed E-state index contributed by atoms with van der Waals surface area (Å²) in [6, 6.07) is 19.5. The lowest BCUT2D eigenvalue weighted by atomic mass is 9.72. The second-order valence-electron chi connectivity index (χ2n) is 9.65. The van der Waals surface area contributed by atoms with Crippen molar-refractivity contribution in [2.75, 3.05) is 0 Å². The fraction of sp³-hybridized carbons (Fsp3) is 0.276. The number of hydrogen-bond acceptors (Lipinski definition) is 3. The maximum atomic E-state index is 5.26. The first-order chi connectivity index (χ1) is 16.7. The largest absolute Gasteiger partial charge is 0.331 e. The molecule has 2 unspecified atom stereocenters. The maximum Gasteiger partial charge on any atom is 0.113 e. The quantitative estimate of drug-likeness (QED) is 0.317. The first-order valence-corrected chi connectivity index (χ1v) is 12.2. The van der Waals surface area contributed by atoms with Crippen molar-refractivity contribution in [1.29, 1.82) is 0 Å². The molecule has 3 aromatic carbocycles. The number of aryl methyl sites for hydroxylation is 3. The molecule has 0 bridgehead atoms. The number of aromatic nitrogens is 5. The van der Waals surface area contributed by atoms with Crippen LogP contribution in [0, 0.1) is 0 Å². The van der Waals surface area contributed by atoms with Crippen LogP contribution in [0.1, 0.15) is 48.8 Å². The van der Waals surface area contributed by atoms with Crippen LogP contribution in [0.15, 0.2) is 60.8 Å².